The summed E-state index contributed by atoms with van der Waals surface area (Å²) in [4.78, 5) is 17.0. The molecule has 0 aromatic carbocycles. The molecule has 0 aromatic heterocycles. The predicted octanol–water partition coefficient (Wildman–Crippen LogP) is 1.78. The minimum Gasteiger partial charge on any atom is -0.380 e. The molecule has 1 rings (SSSR count). The highest BCUT2D eigenvalue weighted by Gasteiger charge is 2.37. The van der Waals surface area contributed by atoms with Crippen molar-refractivity contribution in [3.8, 4) is 0 Å². The molecule has 1 fully saturated rings. The lowest BCUT2D eigenvalue weighted by molar-refractivity contribution is -0.144. The van der Waals surface area contributed by atoms with Gasteiger partial charge in [-0.05, 0) is 19.8 Å². The summed E-state index contributed by atoms with van der Waals surface area (Å²) in [5, 5.41) is 0. The lowest BCUT2D eigenvalue weighted by Gasteiger charge is -2.40. The fourth-order valence-electron chi connectivity index (χ4n) is 2.78. The van der Waals surface area contributed by atoms with Gasteiger partial charge < -0.3 is 15.4 Å². The van der Waals surface area contributed by atoms with E-state index in [0.717, 1.165) is 58.8 Å². The molecule has 7 heteroatoms. The Morgan fingerprint density at radius 3 is 2.05 bits per heavy atom. The fraction of sp³-hybridized carbons (Fsp3) is 0.933. The van der Waals surface area contributed by atoms with Gasteiger partial charge in [-0.1, -0.05) is 13.8 Å². The summed E-state index contributed by atoms with van der Waals surface area (Å²) in [6.07, 6.45) is 1.65. The van der Waals surface area contributed by atoms with Gasteiger partial charge >= 0.3 is 0 Å². The van der Waals surface area contributed by atoms with E-state index < -0.39 is 0 Å². The maximum absolute atomic E-state index is 12.7. The Morgan fingerprint density at radius 1 is 1.09 bits per heavy atom. The molecule has 0 atom stereocenters. The van der Waals surface area contributed by atoms with Gasteiger partial charge in [-0.3, -0.25) is 9.69 Å². The van der Waals surface area contributed by atoms with Gasteiger partial charge in [-0.25, -0.2) is 0 Å². The highest BCUT2D eigenvalue weighted by molar-refractivity contribution is 5.85. The number of hydrogen-bond acceptors (Lipinski definition) is 4. The molecule has 1 saturated heterocycles. The molecule has 0 spiro atoms. The number of carbonyl (C=O) groups is 1. The van der Waals surface area contributed by atoms with E-state index in [-0.39, 0.29) is 36.1 Å². The van der Waals surface area contributed by atoms with Crippen LogP contribution in [0.15, 0.2) is 0 Å². The van der Waals surface area contributed by atoms with E-state index in [4.69, 9.17) is 10.5 Å². The van der Waals surface area contributed by atoms with E-state index in [2.05, 4.69) is 18.7 Å². The second kappa shape index (κ2) is 12.4. The molecule has 22 heavy (non-hydrogen) atoms. The maximum Gasteiger partial charge on any atom is 0.230 e. The van der Waals surface area contributed by atoms with Crippen LogP contribution in [0.1, 0.15) is 33.6 Å². The van der Waals surface area contributed by atoms with Crippen LogP contribution in [-0.4, -0.2) is 68.2 Å². The molecule has 1 aliphatic rings. The molecule has 0 bridgehead atoms. The average Bonchev–Trinajstić information content (AvgIpc) is 2.50. The summed E-state index contributed by atoms with van der Waals surface area (Å²) in [6, 6.07) is 0. The Balaban J connectivity index is 0. The number of piperazine rings is 1. The number of nitrogens with zero attached hydrogens (tertiary/aromatic N) is 2. The lowest BCUT2D eigenvalue weighted by atomic mass is 9.81. The van der Waals surface area contributed by atoms with Gasteiger partial charge in [0.05, 0.1) is 12.0 Å². The number of carbonyl (C=O) groups excluding carboxylic acids is 1. The molecule has 0 saturated carbocycles. The van der Waals surface area contributed by atoms with E-state index in [0.29, 0.717) is 6.54 Å². The topological polar surface area (TPSA) is 58.8 Å². The Kier molecular flexibility index (Phi) is 13.6. The first kappa shape index (κ1) is 24.2. The van der Waals surface area contributed by atoms with Crippen LogP contribution < -0.4 is 5.73 Å². The van der Waals surface area contributed by atoms with E-state index in [9.17, 15) is 4.79 Å². The van der Waals surface area contributed by atoms with Gasteiger partial charge in [0.25, 0.3) is 0 Å². The van der Waals surface area contributed by atoms with Gasteiger partial charge in [0.15, 0.2) is 0 Å². The normalized spacial score (nSPS) is 15.9. The van der Waals surface area contributed by atoms with Crippen LogP contribution in [0.4, 0.5) is 0 Å². The van der Waals surface area contributed by atoms with Gasteiger partial charge in [0.1, 0.15) is 0 Å². The first-order chi connectivity index (χ1) is 9.63. The van der Waals surface area contributed by atoms with Crippen molar-refractivity contribution in [2.75, 3.05) is 52.5 Å². The standard InChI is InChI=1S/C15H31N3O2.2ClH/c1-4-15(5-2,13-16)14(19)18-9-7-17(8-10-18)11-12-20-6-3;;/h4-13,16H2,1-3H3;2*1H. The zero-order chi connectivity index (χ0) is 15.0. The summed E-state index contributed by atoms with van der Waals surface area (Å²) >= 11 is 0. The molecule has 1 aliphatic heterocycles. The first-order valence-corrected chi connectivity index (χ1v) is 7.93. The average molecular weight is 358 g/mol. The Labute approximate surface area is 147 Å². The monoisotopic (exact) mass is 357 g/mol. The third-order valence-electron chi connectivity index (χ3n) is 4.61. The van der Waals surface area contributed by atoms with Crippen molar-refractivity contribution in [2.24, 2.45) is 11.1 Å². The third kappa shape index (κ3) is 6.20. The van der Waals surface area contributed by atoms with Crippen LogP contribution in [0.5, 0.6) is 0 Å². The Hall–Kier alpha value is -0.0700. The molecule has 0 unspecified atom stereocenters. The van der Waals surface area contributed by atoms with Gasteiger partial charge in [0.2, 0.25) is 5.91 Å². The summed E-state index contributed by atoms with van der Waals surface area (Å²) in [5.41, 5.74) is 5.52. The van der Waals surface area contributed by atoms with Crippen LogP contribution in [0.25, 0.3) is 0 Å². The number of amides is 1. The van der Waals surface area contributed by atoms with Crippen molar-refractivity contribution in [3.05, 3.63) is 0 Å². The largest absolute Gasteiger partial charge is 0.380 e. The van der Waals surface area contributed by atoms with Crippen LogP contribution >= 0.6 is 24.8 Å². The van der Waals surface area contributed by atoms with Crippen LogP contribution in [0, 0.1) is 5.41 Å². The second-order valence-electron chi connectivity index (χ2n) is 5.52. The summed E-state index contributed by atoms with van der Waals surface area (Å²) in [5.74, 6) is 0.245. The van der Waals surface area contributed by atoms with Crippen LogP contribution in [0.2, 0.25) is 0 Å². The smallest absolute Gasteiger partial charge is 0.230 e. The fourth-order valence-corrected chi connectivity index (χ4v) is 2.78. The van der Waals surface area contributed by atoms with E-state index in [1.165, 1.54) is 0 Å². The van der Waals surface area contributed by atoms with Crippen LogP contribution in [0.3, 0.4) is 0 Å². The van der Waals surface area contributed by atoms with Crippen LogP contribution in [-0.2, 0) is 9.53 Å². The zero-order valence-electron chi connectivity index (χ0n) is 14.2. The predicted molar refractivity (Wildman–Crippen MR) is 96.1 cm³/mol. The SMILES string of the molecule is CCOCCN1CCN(C(=O)C(CC)(CC)CN)CC1.Cl.Cl. The molecule has 5 nitrogen and oxygen atoms in total. The lowest BCUT2D eigenvalue weighted by Crippen LogP contribution is -2.55. The molecule has 0 aliphatic carbocycles. The maximum atomic E-state index is 12.7. The summed E-state index contributed by atoms with van der Waals surface area (Å²) in [7, 11) is 0. The van der Waals surface area contributed by atoms with Gasteiger partial charge in [-0.15, -0.1) is 24.8 Å². The van der Waals surface area contributed by atoms with E-state index in [1.807, 2.05) is 11.8 Å². The minimum absolute atomic E-state index is 0. The summed E-state index contributed by atoms with van der Waals surface area (Å²) < 4.78 is 5.38. The molecule has 0 aromatic rings. The number of hydrogen-bond donors (Lipinski definition) is 1. The van der Waals surface area contributed by atoms with Crippen molar-refractivity contribution in [2.45, 2.75) is 33.6 Å². The summed E-state index contributed by atoms with van der Waals surface area (Å²) in [6.45, 7) is 12.6. The molecule has 1 amide bonds. The molecular weight excluding hydrogens is 325 g/mol. The van der Waals surface area contributed by atoms with Gasteiger partial charge in [-0.2, -0.15) is 0 Å². The van der Waals surface area contributed by atoms with Crippen molar-refractivity contribution in [1.29, 1.82) is 0 Å². The number of halogens is 2. The Morgan fingerprint density at radius 2 is 1.64 bits per heavy atom. The van der Waals surface area contributed by atoms with Gasteiger partial charge in [0, 0.05) is 45.9 Å². The zero-order valence-corrected chi connectivity index (χ0v) is 15.8. The number of ether oxygens (including phenoxy) is 1. The van der Waals surface area contributed by atoms with Crippen molar-refractivity contribution in [3.63, 3.8) is 0 Å². The molecule has 2 N–H and O–H groups in total. The minimum atomic E-state index is -0.354. The Bertz CT molecular complexity index is 286. The molecule has 0 radical (unpaired) electrons. The number of nitrogens with two attached hydrogens (primary N) is 1. The van der Waals surface area contributed by atoms with Crippen molar-refractivity contribution in [1.82, 2.24) is 9.80 Å². The molecule has 134 valence electrons. The van der Waals surface area contributed by atoms with E-state index >= 15 is 0 Å². The second-order valence-corrected chi connectivity index (χ2v) is 5.52. The highest BCUT2D eigenvalue weighted by Crippen LogP contribution is 2.28. The van der Waals surface area contributed by atoms with E-state index in [1.54, 1.807) is 0 Å². The molecule has 1 heterocycles. The molecular formula is C15H33Cl2N3O2. The number of rotatable bonds is 8. The quantitative estimate of drug-likeness (QED) is 0.672. The highest BCUT2D eigenvalue weighted by atomic mass is 35.5. The van der Waals surface area contributed by atoms with Crippen molar-refractivity contribution < 1.29 is 9.53 Å². The third-order valence-corrected chi connectivity index (χ3v) is 4.61. The van der Waals surface area contributed by atoms with Crippen molar-refractivity contribution >= 4 is 30.7 Å². The first-order valence-electron chi connectivity index (χ1n) is 7.93.